The minimum atomic E-state index is -0.391. The summed E-state index contributed by atoms with van der Waals surface area (Å²) in [6.07, 6.45) is 0. The van der Waals surface area contributed by atoms with Gasteiger partial charge >= 0.3 is 0 Å². The van der Waals surface area contributed by atoms with Crippen LogP contribution in [-0.2, 0) is 0 Å². The molecule has 15 heavy (non-hydrogen) atoms. The van der Waals surface area contributed by atoms with Crippen LogP contribution in [0.1, 0.15) is 12.5 Å². The lowest BCUT2D eigenvalue weighted by molar-refractivity contribution is 0.630. The fourth-order valence-corrected chi connectivity index (χ4v) is 1.94. The van der Waals surface area contributed by atoms with Crippen molar-refractivity contribution in [3.8, 4) is 0 Å². The van der Waals surface area contributed by atoms with Crippen LogP contribution >= 0.6 is 11.6 Å². The summed E-state index contributed by atoms with van der Waals surface area (Å²) in [7, 11) is 0. The highest BCUT2D eigenvalue weighted by Gasteiger charge is 2.09. The van der Waals surface area contributed by atoms with Gasteiger partial charge in [-0.3, -0.25) is 0 Å². The molecule has 0 aromatic heterocycles. The Morgan fingerprint density at radius 3 is 2.67 bits per heavy atom. The first kappa shape index (κ1) is 10.2. The van der Waals surface area contributed by atoms with Crippen molar-refractivity contribution in [2.45, 2.75) is 6.92 Å². The first-order chi connectivity index (χ1) is 7.11. The van der Waals surface area contributed by atoms with Crippen LogP contribution in [0.3, 0.4) is 0 Å². The molecular formula is C13H10ClF. The quantitative estimate of drug-likeness (QED) is 0.656. The van der Waals surface area contributed by atoms with E-state index in [1.54, 1.807) is 6.07 Å². The zero-order valence-corrected chi connectivity index (χ0v) is 9.11. The number of fused-ring (bicyclic) bond motifs is 1. The van der Waals surface area contributed by atoms with Crippen molar-refractivity contribution < 1.29 is 4.39 Å². The molecule has 76 valence electrons. The van der Waals surface area contributed by atoms with Crippen LogP contribution in [0.4, 0.5) is 4.39 Å². The van der Waals surface area contributed by atoms with E-state index in [0.717, 1.165) is 21.9 Å². The predicted molar refractivity (Wildman–Crippen MR) is 63.6 cm³/mol. The van der Waals surface area contributed by atoms with Gasteiger partial charge in [0.25, 0.3) is 0 Å². The van der Waals surface area contributed by atoms with Gasteiger partial charge in [-0.05, 0) is 23.9 Å². The highest BCUT2D eigenvalue weighted by atomic mass is 35.5. The maximum atomic E-state index is 13.3. The van der Waals surface area contributed by atoms with Crippen LogP contribution in [0.25, 0.3) is 16.3 Å². The van der Waals surface area contributed by atoms with Crippen LogP contribution in [0, 0.1) is 5.82 Å². The normalized spacial score (nSPS) is 10.6. The molecule has 0 aliphatic rings. The molecule has 0 amide bonds. The Hall–Kier alpha value is -1.34. The second-order valence-electron chi connectivity index (χ2n) is 3.55. The molecular weight excluding hydrogens is 211 g/mol. The lowest BCUT2D eigenvalue weighted by atomic mass is 10.00. The molecule has 0 radical (unpaired) electrons. The third-order valence-electron chi connectivity index (χ3n) is 2.39. The highest BCUT2D eigenvalue weighted by molar-refractivity contribution is 6.36. The van der Waals surface area contributed by atoms with Crippen LogP contribution in [-0.4, -0.2) is 0 Å². The third-order valence-corrected chi connectivity index (χ3v) is 2.76. The molecule has 2 aromatic carbocycles. The Morgan fingerprint density at radius 2 is 2.00 bits per heavy atom. The number of halogens is 2. The topological polar surface area (TPSA) is 0 Å². The zero-order valence-electron chi connectivity index (χ0n) is 8.35. The first-order valence-corrected chi connectivity index (χ1v) is 5.01. The molecule has 0 saturated heterocycles. The summed E-state index contributed by atoms with van der Waals surface area (Å²) in [4.78, 5) is 0. The number of rotatable bonds is 1. The molecule has 2 heteroatoms. The summed E-state index contributed by atoms with van der Waals surface area (Å²) in [5.41, 5.74) is 1.78. The summed E-state index contributed by atoms with van der Waals surface area (Å²) in [6.45, 7) is 5.75. The number of hydrogen-bond acceptors (Lipinski definition) is 0. The molecule has 0 nitrogen and oxygen atoms in total. The summed E-state index contributed by atoms with van der Waals surface area (Å²) < 4.78 is 13.3. The van der Waals surface area contributed by atoms with Gasteiger partial charge in [0.2, 0.25) is 0 Å². The molecule has 2 aromatic rings. The molecule has 2 rings (SSSR count). The number of allylic oxidation sites excluding steroid dienone is 1. The third kappa shape index (κ3) is 1.64. The highest BCUT2D eigenvalue weighted by Crippen LogP contribution is 2.32. The van der Waals surface area contributed by atoms with Crippen molar-refractivity contribution in [1.82, 2.24) is 0 Å². The molecule has 0 aliphatic heterocycles. The first-order valence-electron chi connectivity index (χ1n) is 4.64. The van der Waals surface area contributed by atoms with Gasteiger partial charge in [-0.15, -0.1) is 0 Å². The molecule has 0 aliphatic carbocycles. The van der Waals surface area contributed by atoms with E-state index in [1.165, 1.54) is 6.07 Å². The Morgan fingerprint density at radius 1 is 1.27 bits per heavy atom. The van der Waals surface area contributed by atoms with Gasteiger partial charge in [-0.2, -0.15) is 0 Å². The molecule has 0 saturated carbocycles. The maximum absolute atomic E-state index is 13.3. The second kappa shape index (κ2) is 3.67. The van der Waals surface area contributed by atoms with Crippen LogP contribution in [0.15, 0.2) is 36.9 Å². The molecule has 0 unspecified atom stereocenters. The van der Waals surface area contributed by atoms with Crippen LogP contribution in [0.2, 0.25) is 5.02 Å². The predicted octanol–water partition coefficient (Wildman–Crippen LogP) is 4.67. The van der Waals surface area contributed by atoms with E-state index in [4.69, 9.17) is 11.6 Å². The Bertz CT molecular complexity index is 543. The van der Waals surface area contributed by atoms with Gasteiger partial charge < -0.3 is 0 Å². The van der Waals surface area contributed by atoms with E-state index < -0.39 is 5.82 Å². The molecule has 0 atom stereocenters. The molecule has 0 fully saturated rings. The van der Waals surface area contributed by atoms with E-state index in [9.17, 15) is 4.39 Å². The Kier molecular flexibility index (Phi) is 2.49. The second-order valence-corrected chi connectivity index (χ2v) is 3.92. The summed E-state index contributed by atoms with van der Waals surface area (Å²) in [5, 5.41) is 1.85. The molecule has 0 spiro atoms. The van der Waals surface area contributed by atoms with Gasteiger partial charge in [-0.25, -0.2) is 4.39 Å². The smallest absolute Gasteiger partial charge is 0.142 e. The molecule has 0 bridgehead atoms. The maximum Gasteiger partial charge on any atom is 0.142 e. The van der Waals surface area contributed by atoms with Gasteiger partial charge in [0.05, 0.1) is 5.02 Å². The van der Waals surface area contributed by atoms with Gasteiger partial charge in [0, 0.05) is 5.39 Å². The Balaban J connectivity index is 2.94. The van der Waals surface area contributed by atoms with Crippen molar-refractivity contribution in [1.29, 1.82) is 0 Å². The average Bonchev–Trinajstić information content (AvgIpc) is 2.23. The van der Waals surface area contributed by atoms with Crippen molar-refractivity contribution >= 4 is 27.9 Å². The fourth-order valence-electron chi connectivity index (χ4n) is 1.67. The Labute approximate surface area is 93.0 Å². The van der Waals surface area contributed by atoms with Crippen molar-refractivity contribution in [3.63, 3.8) is 0 Å². The SMILES string of the molecule is C=C(C)c1cccc2ccc(F)c(Cl)c12. The van der Waals surface area contributed by atoms with E-state index in [-0.39, 0.29) is 5.02 Å². The van der Waals surface area contributed by atoms with E-state index in [0.29, 0.717) is 0 Å². The van der Waals surface area contributed by atoms with Gasteiger partial charge in [0.15, 0.2) is 0 Å². The molecule has 0 heterocycles. The lowest BCUT2D eigenvalue weighted by Crippen LogP contribution is -1.86. The fraction of sp³-hybridized carbons (Fsp3) is 0.0769. The van der Waals surface area contributed by atoms with Crippen molar-refractivity contribution in [2.75, 3.05) is 0 Å². The minimum absolute atomic E-state index is 0.172. The number of hydrogen-bond donors (Lipinski definition) is 0. The van der Waals surface area contributed by atoms with E-state index in [1.807, 2.05) is 25.1 Å². The van der Waals surface area contributed by atoms with Crippen LogP contribution in [0.5, 0.6) is 0 Å². The summed E-state index contributed by atoms with van der Waals surface area (Å²) in [6, 6.07) is 8.83. The van der Waals surface area contributed by atoms with Gasteiger partial charge in [0.1, 0.15) is 5.82 Å². The zero-order chi connectivity index (χ0) is 11.0. The largest absolute Gasteiger partial charge is 0.205 e. The minimum Gasteiger partial charge on any atom is -0.205 e. The van der Waals surface area contributed by atoms with E-state index >= 15 is 0 Å². The summed E-state index contributed by atoms with van der Waals surface area (Å²) >= 11 is 5.96. The van der Waals surface area contributed by atoms with Gasteiger partial charge in [-0.1, -0.05) is 48.0 Å². The van der Waals surface area contributed by atoms with Crippen LogP contribution < -0.4 is 0 Å². The number of benzene rings is 2. The summed E-state index contributed by atoms with van der Waals surface area (Å²) in [5.74, 6) is -0.391. The van der Waals surface area contributed by atoms with Crippen molar-refractivity contribution in [3.05, 3.63) is 53.3 Å². The average molecular weight is 221 g/mol. The van der Waals surface area contributed by atoms with E-state index in [2.05, 4.69) is 6.58 Å². The molecule has 0 N–H and O–H groups in total. The van der Waals surface area contributed by atoms with Crippen molar-refractivity contribution in [2.24, 2.45) is 0 Å². The lowest BCUT2D eigenvalue weighted by Gasteiger charge is -2.08. The standard InChI is InChI=1S/C13H10ClF/c1-8(2)10-5-3-4-9-6-7-11(15)13(14)12(9)10/h3-7H,1H2,2H3. The monoisotopic (exact) mass is 220 g/mol.